The molecule has 0 unspecified atom stereocenters. The van der Waals surface area contributed by atoms with Gasteiger partial charge in [0.1, 0.15) is 17.0 Å². The fraction of sp³-hybridized carbons (Fsp3) is 0.520. The highest BCUT2D eigenvalue weighted by Gasteiger charge is 2.40. The molecule has 1 aliphatic heterocycles. The standard InChI is InChI=1S/C25H35N3O7S/c1-8-33-18-11-9-16(10-12-18)13-19-20(29)28(23(32)36-19)17(14-26-21(30)34-24(2,3)4)15-27-22(31)35-25(5,6)7/h9-13,17H,8,14-15H2,1-7H3,(H,26,30)(H,27,31)/b19-13-. The van der Waals surface area contributed by atoms with Crippen LogP contribution in [0.4, 0.5) is 14.4 Å². The summed E-state index contributed by atoms with van der Waals surface area (Å²) in [7, 11) is 0. The van der Waals surface area contributed by atoms with E-state index >= 15 is 0 Å². The van der Waals surface area contributed by atoms with Crippen molar-refractivity contribution in [1.29, 1.82) is 0 Å². The Morgan fingerprint density at radius 2 is 1.44 bits per heavy atom. The van der Waals surface area contributed by atoms with E-state index in [4.69, 9.17) is 14.2 Å². The molecule has 0 aromatic heterocycles. The Hall–Kier alpha value is -3.21. The van der Waals surface area contributed by atoms with Crippen LogP contribution in [-0.4, -0.2) is 65.2 Å². The number of ether oxygens (including phenoxy) is 3. The van der Waals surface area contributed by atoms with Crippen molar-refractivity contribution in [3.63, 3.8) is 0 Å². The summed E-state index contributed by atoms with van der Waals surface area (Å²) in [6.45, 7) is 12.5. The molecule has 36 heavy (non-hydrogen) atoms. The predicted molar refractivity (Wildman–Crippen MR) is 138 cm³/mol. The molecule has 0 aliphatic carbocycles. The van der Waals surface area contributed by atoms with Gasteiger partial charge in [0.25, 0.3) is 11.1 Å². The highest BCUT2D eigenvalue weighted by molar-refractivity contribution is 8.18. The van der Waals surface area contributed by atoms with Gasteiger partial charge >= 0.3 is 12.2 Å². The lowest BCUT2D eigenvalue weighted by Crippen LogP contribution is -2.52. The second-order valence-corrected chi connectivity index (χ2v) is 11.0. The van der Waals surface area contributed by atoms with Gasteiger partial charge in [0, 0.05) is 13.1 Å². The summed E-state index contributed by atoms with van der Waals surface area (Å²) in [5.41, 5.74) is -0.729. The van der Waals surface area contributed by atoms with Gasteiger partial charge in [-0.25, -0.2) is 9.59 Å². The van der Waals surface area contributed by atoms with Crippen LogP contribution in [0, 0.1) is 0 Å². The molecular weight excluding hydrogens is 486 g/mol. The van der Waals surface area contributed by atoms with Crippen LogP contribution in [-0.2, 0) is 14.3 Å². The summed E-state index contributed by atoms with van der Waals surface area (Å²) in [5, 5.41) is 4.63. The van der Waals surface area contributed by atoms with Crippen molar-refractivity contribution in [2.24, 2.45) is 0 Å². The molecule has 0 atom stereocenters. The van der Waals surface area contributed by atoms with Gasteiger partial charge in [-0.3, -0.25) is 14.5 Å². The Morgan fingerprint density at radius 1 is 0.944 bits per heavy atom. The van der Waals surface area contributed by atoms with Crippen LogP contribution < -0.4 is 15.4 Å². The lowest BCUT2D eigenvalue weighted by Gasteiger charge is -2.27. The summed E-state index contributed by atoms with van der Waals surface area (Å²) in [6, 6.07) is 6.24. The molecule has 1 aromatic rings. The zero-order chi connectivity index (χ0) is 27.1. The molecule has 2 N–H and O–H groups in total. The third-order valence-electron chi connectivity index (χ3n) is 4.44. The van der Waals surface area contributed by atoms with Gasteiger partial charge in [-0.1, -0.05) is 12.1 Å². The lowest BCUT2D eigenvalue weighted by atomic mass is 10.2. The first-order valence-corrected chi connectivity index (χ1v) is 12.4. The number of rotatable bonds is 8. The Balaban J connectivity index is 2.19. The number of carbonyl (C=O) groups excluding carboxylic acids is 4. The van der Waals surface area contributed by atoms with Crippen molar-refractivity contribution < 1.29 is 33.4 Å². The number of alkyl carbamates (subject to hydrolysis) is 2. The van der Waals surface area contributed by atoms with Crippen molar-refractivity contribution in [3.05, 3.63) is 34.7 Å². The van der Waals surface area contributed by atoms with Crippen LogP contribution in [0.25, 0.3) is 6.08 Å². The van der Waals surface area contributed by atoms with E-state index in [-0.39, 0.29) is 18.0 Å². The number of hydrogen-bond donors (Lipinski definition) is 2. The monoisotopic (exact) mass is 521 g/mol. The zero-order valence-corrected chi connectivity index (χ0v) is 22.6. The third kappa shape index (κ3) is 9.44. The van der Waals surface area contributed by atoms with Crippen molar-refractivity contribution >= 4 is 41.2 Å². The molecule has 1 aromatic carbocycles. The van der Waals surface area contributed by atoms with E-state index in [1.54, 1.807) is 71.9 Å². The van der Waals surface area contributed by atoms with E-state index in [1.165, 1.54) is 0 Å². The Kier molecular flexibility index (Phi) is 9.80. The summed E-state index contributed by atoms with van der Waals surface area (Å²) in [4.78, 5) is 51.6. The largest absolute Gasteiger partial charge is 0.494 e. The Morgan fingerprint density at radius 3 is 1.89 bits per heavy atom. The van der Waals surface area contributed by atoms with Crippen LogP contribution in [0.1, 0.15) is 54.0 Å². The van der Waals surface area contributed by atoms with E-state index in [2.05, 4.69) is 10.6 Å². The third-order valence-corrected chi connectivity index (χ3v) is 5.32. The molecule has 0 radical (unpaired) electrons. The van der Waals surface area contributed by atoms with Gasteiger partial charge in [-0.05, 0) is 84.0 Å². The summed E-state index contributed by atoms with van der Waals surface area (Å²) in [6.07, 6.45) is 0.198. The number of nitrogens with one attached hydrogen (secondary N) is 2. The second-order valence-electron chi connectivity index (χ2n) is 9.97. The van der Waals surface area contributed by atoms with Crippen LogP contribution >= 0.6 is 11.8 Å². The molecule has 1 fully saturated rings. The highest BCUT2D eigenvalue weighted by Crippen LogP contribution is 2.33. The molecule has 0 spiro atoms. The predicted octanol–water partition coefficient (Wildman–Crippen LogP) is 4.54. The van der Waals surface area contributed by atoms with Crippen LogP contribution in [0.5, 0.6) is 5.75 Å². The molecule has 198 valence electrons. The number of benzene rings is 1. The summed E-state index contributed by atoms with van der Waals surface area (Å²) < 4.78 is 15.9. The van der Waals surface area contributed by atoms with Crippen molar-refractivity contribution in [1.82, 2.24) is 15.5 Å². The molecule has 1 aliphatic rings. The van der Waals surface area contributed by atoms with E-state index in [1.807, 2.05) is 6.92 Å². The quantitative estimate of drug-likeness (QED) is 0.478. The van der Waals surface area contributed by atoms with Crippen LogP contribution in [0.2, 0.25) is 0 Å². The maximum Gasteiger partial charge on any atom is 0.407 e. The fourth-order valence-corrected chi connectivity index (χ4v) is 3.96. The van der Waals surface area contributed by atoms with Gasteiger partial charge < -0.3 is 24.8 Å². The van der Waals surface area contributed by atoms with E-state index in [0.717, 1.165) is 22.2 Å². The van der Waals surface area contributed by atoms with E-state index in [0.29, 0.717) is 12.4 Å². The van der Waals surface area contributed by atoms with E-state index < -0.39 is 40.6 Å². The number of imide groups is 1. The first kappa shape index (κ1) is 29.0. The smallest absolute Gasteiger partial charge is 0.407 e. The first-order chi connectivity index (χ1) is 16.7. The fourth-order valence-electron chi connectivity index (χ4n) is 3.06. The summed E-state index contributed by atoms with van der Waals surface area (Å²) >= 11 is 0.787. The summed E-state index contributed by atoms with van der Waals surface area (Å²) in [5.74, 6) is 0.171. The average molecular weight is 522 g/mol. The SMILES string of the molecule is CCOc1ccc(/C=C2\SC(=O)N(C(CNC(=O)OC(C)(C)C)CNC(=O)OC(C)(C)C)C2=O)cc1. The van der Waals surface area contributed by atoms with Gasteiger partial charge in [0.15, 0.2) is 0 Å². The van der Waals surface area contributed by atoms with Gasteiger partial charge in [0.05, 0.1) is 17.6 Å². The maximum atomic E-state index is 13.2. The van der Waals surface area contributed by atoms with Crippen molar-refractivity contribution in [2.75, 3.05) is 19.7 Å². The average Bonchev–Trinajstić information content (AvgIpc) is 3.00. The Labute approximate surface area is 216 Å². The molecule has 11 heteroatoms. The normalized spacial score (nSPS) is 15.3. The number of hydrogen-bond acceptors (Lipinski definition) is 8. The number of amides is 4. The molecule has 1 saturated heterocycles. The maximum absolute atomic E-state index is 13.2. The molecule has 0 bridgehead atoms. The second kappa shape index (κ2) is 12.2. The number of thioether (sulfide) groups is 1. The lowest BCUT2D eigenvalue weighted by molar-refractivity contribution is -0.124. The Bertz CT molecular complexity index is 962. The molecule has 1 heterocycles. The van der Waals surface area contributed by atoms with Gasteiger partial charge in [-0.15, -0.1) is 0 Å². The zero-order valence-electron chi connectivity index (χ0n) is 21.8. The minimum absolute atomic E-state index is 0.126. The van der Waals surface area contributed by atoms with Gasteiger partial charge in [-0.2, -0.15) is 0 Å². The highest BCUT2D eigenvalue weighted by atomic mass is 32.2. The molecular formula is C25H35N3O7S. The minimum Gasteiger partial charge on any atom is -0.494 e. The molecule has 0 saturated carbocycles. The first-order valence-electron chi connectivity index (χ1n) is 11.6. The molecule has 4 amide bonds. The van der Waals surface area contributed by atoms with Crippen LogP contribution in [0.3, 0.4) is 0 Å². The molecule has 2 rings (SSSR count). The molecule has 10 nitrogen and oxygen atoms in total. The van der Waals surface area contributed by atoms with Crippen molar-refractivity contribution in [3.8, 4) is 5.75 Å². The topological polar surface area (TPSA) is 123 Å². The number of carbonyl (C=O) groups is 4. The minimum atomic E-state index is -0.872. The van der Waals surface area contributed by atoms with E-state index in [9.17, 15) is 19.2 Å². The van der Waals surface area contributed by atoms with Crippen LogP contribution in [0.15, 0.2) is 29.2 Å². The van der Waals surface area contributed by atoms with Crippen molar-refractivity contribution in [2.45, 2.75) is 65.7 Å². The number of nitrogens with zero attached hydrogens (tertiary/aromatic N) is 1. The van der Waals surface area contributed by atoms with Gasteiger partial charge in [0.2, 0.25) is 0 Å².